The Bertz CT molecular complexity index is 345. The van der Waals surface area contributed by atoms with E-state index in [0.717, 1.165) is 25.7 Å². The number of unbranched alkanes of at least 4 members (excludes halogenated alkanes) is 4. The number of hydrogen-bond acceptors (Lipinski definition) is 4. The van der Waals surface area contributed by atoms with Crippen molar-refractivity contribution >= 4 is 11.8 Å². The molecule has 2 atom stereocenters. The number of nitrogens with one attached hydrogen (secondary N) is 1. The number of rotatable bonds is 12. The molecular formula is C16H32N2O4. The van der Waals surface area contributed by atoms with Crippen LogP contribution < -0.4 is 11.1 Å². The average molecular weight is 316 g/mol. The van der Waals surface area contributed by atoms with E-state index in [4.69, 9.17) is 10.8 Å². The summed E-state index contributed by atoms with van der Waals surface area (Å²) >= 11 is 0. The third-order valence-electron chi connectivity index (χ3n) is 3.98. The lowest BCUT2D eigenvalue weighted by Gasteiger charge is -2.27. The molecule has 0 saturated carbocycles. The van der Waals surface area contributed by atoms with Gasteiger partial charge in [-0.05, 0) is 6.42 Å². The molecule has 0 heterocycles. The van der Waals surface area contributed by atoms with Gasteiger partial charge >= 0.3 is 0 Å². The smallest absolute Gasteiger partial charge is 0.249 e. The quantitative estimate of drug-likeness (QED) is 0.401. The number of amides is 2. The van der Waals surface area contributed by atoms with Gasteiger partial charge in [0, 0.05) is 12.0 Å². The molecule has 22 heavy (non-hydrogen) atoms. The first kappa shape index (κ1) is 20.9. The van der Waals surface area contributed by atoms with Crippen LogP contribution in [-0.2, 0) is 9.59 Å². The van der Waals surface area contributed by atoms with Crippen molar-refractivity contribution in [3.8, 4) is 0 Å². The maximum atomic E-state index is 11.9. The van der Waals surface area contributed by atoms with Crippen LogP contribution in [0, 0.1) is 11.3 Å². The molecule has 0 rings (SSSR count). The van der Waals surface area contributed by atoms with E-state index in [9.17, 15) is 14.7 Å². The average Bonchev–Trinajstić information content (AvgIpc) is 2.48. The van der Waals surface area contributed by atoms with E-state index >= 15 is 0 Å². The van der Waals surface area contributed by atoms with Crippen molar-refractivity contribution in [1.29, 1.82) is 0 Å². The molecule has 0 aromatic heterocycles. The first-order valence-electron chi connectivity index (χ1n) is 8.12. The van der Waals surface area contributed by atoms with Gasteiger partial charge in [-0.25, -0.2) is 0 Å². The summed E-state index contributed by atoms with van der Waals surface area (Å²) in [6.07, 6.45) is 4.74. The van der Waals surface area contributed by atoms with Crippen LogP contribution in [0.2, 0.25) is 0 Å². The zero-order chi connectivity index (χ0) is 17.2. The number of carbonyl (C=O) groups is 2. The van der Waals surface area contributed by atoms with Crippen molar-refractivity contribution < 1.29 is 19.8 Å². The van der Waals surface area contributed by atoms with E-state index in [1.165, 1.54) is 6.42 Å². The molecule has 0 aliphatic rings. The Hall–Kier alpha value is -1.14. The number of aliphatic hydroxyl groups is 2. The van der Waals surface area contributed by atoms with Gasteiger partial charge in [0.05, 0.1) is 12.5 Å². The molecule has 2 amide bonds. The molecule has 0 spiro atoms. The van der Waals surface area contributed by atoms with E-state index in [2.05, 4.69) is 12.2 Å². The van der Waals surface area contributed by atoms with E-state index in [0.29, 0.717) is 6.42 Å². The van der Waals surface area contributed by atoms with E-state index in [1.54, 1.807) is 13.8 Å². The van der Waals surface area contributed by atoms with Gasteiger partial charge in [-0.1, -0.05) is 52.9 Å². The summed E-state index contributed by atoms with van der Waals surface area (Å²) in [6, 6.07) is 0. The van der Waals surface area contributed by atoms with Gasteiger partial charge in [0.1, 0.15) is 6.10 Å². The third-order valence-corrected chi connectivity index (χ3v) is 3.98. The lowest BCUT2D eigenvalue weighted by atomic mass is 9.87. The monoisotopic (exact) mass is 316 g/mol. The SMILES string of the molecule is CCCCCCCC(CNC(=O)[C@H](O)C(C)(C)CO)C(N)=O. The molecular weight excluding hydrogens is 284 g/mol. The van der Waals surface area contributed by atoms with Crippen LogP contribution in [0.15, 0.2) is 0 Å². The van der Waals surface area contributed by atoms with Crippen molar-refractivity contribution in [2.24, 2.45) is 17.1 Å². The van der Waals surface area contributed by atoms with Crippen molar-refractivity contribution in [2.45, 2.75) is 65.4 Å². The molecule has 0 radical (unpaired) electrons. The molecule has 0 aliphatic heterocycles. The van der Waals surface area contributed by atoms with E-state index in [1.807, 2.05) is 0 Å². The lowest BCUT2D eigenvalue weighted by Crippen LogP contribution is -2.47. The normalized spacial score (nSPS) is 14.4. The fraction of sp³-hybridized carbons (Fsp3) is 0.875. The van der Waals surface area contributed by atoms with Crippen molar-refractivity contribution in [1.82, 2.24) is 5.32 Å². The molecule has 0 saturated heterocycles. The predicted octanol–water partition coefficient (Wildman–Crippen LogP) is 0.944. The molecule has 0 aromatic carbocycles. The Balaban J connectivity index is 4.24. The standard InChI is InChI=1S/C16H32N2O4/c1-4-5-6-7-8-9-12(14(17)21)10-18-15(22)13(20)16(2,3)11-19/h12-13,19-20H,4-11H2,1-3H3,(H2,17,21)(H,18,22)/t12?,13-/m0/s1. The second-order valence-electron chi connectivity index (χ2n) is 6.60. The highest BCUT2D eigenvalue weighted by Crippen LogP contribution is 2.19. The molecule has 0 aliphatic carbocycles. The number of carbonyl (C=O) groups excluding carboxylic acids is 2. The highest BCUT2D eigenvalue weighted by Gasteiger charge is 2.33. The summed E-state index contributed by atoms with van der Waals surface area (Å²) in [4.78, 5) is 23.3. The van der Waals surface area contributed by atoms with Gasteiger partial charge in [-0.2, -0.15) is 0 Å². The van der Waals surface area contributed by atoms with Gasteiger partial charge in [0.15, 0.2) is 0 Å². The Morgan fingerprint density at radius 2 is 1.77 bits per heavy atom. The minimum Gasteiger partial charge on any atom is -0.396 e. The molecule has 6 heteroatoms. The first-order valence-corrected chi connectivity index (χ1v) is 8.12. The summed E-state index contributed by atoms with van der Waals surface area (Å²) < 4.78 is 0. The molecule has 6 nitrogen and oxygen atoms in total. The highest BCUT2D eigenvalue weighted by molar-refractivity contribution is 5.82. The molecule has 0 bridgehead atoms. The summed E-state index contributed by atoms with van der Waals surface area (Å²) in [6.45, 7) is 5.15. The van der Waals surface area contributed by atoms with Gasteiger partial charge in [0.2, 0.25) is 11.8 Å². The predicted molar refractivity (Wildman–Crippen MR) is 85.9 cm³/mol. The fourth-order valence-electron chi connectivity index (χ4n) is 2.10. The molecule has 1 unspecified atom stereocenters. The summed E-state index contributed by atoms with van der Waals surface area (Å²) in [7, 11) is 0. The van der Waals surface area contributed by atoms with Gasteiger partial charge in [-0.3, -0.25) is 9.59 Å². The Morgan fingerprint density at radius 3 is 2.27 bits per heavy atom. The molecule has 0 fully saturated rings. The van der Waals surface area contributed by atoms with Gasteiger partial charge in [0.25, 0.3) is 0 Å². The first-order chi connectivity index (χ1) is 10.3. The maximum absolute atomic E-state index is 11.9. The number of nitrogens with two attached hydrogens (primary N) is 1. The second kappa shape index (κ2) is 10.6. The highest BCUT2D eigenvalue weighted by atomic mass is 16.3. The zero-order valence-corrected chi connectivity index (χ0v) is 14.1. The van der Waals surface area contributed by atoms with Crippen LogP contribution in [-0.4, -0.2) is 41.3 Å². The van der Waals surface area contributed by atoms with Crippen molar-refractivity contribution in [3.05, 3.63) is 0 Å². The topological polar surface area (TPSA) is 113 Å². The molecule has 0 aromatic rings. The Labute approximate surface area is 133 Å². The van der Waals surface area contributed by atoms with Crippen LogP contribution in [0.25, 0.3) is 0 Å². The summed E-state index contributed by atoms with van der Waals surface area (Å²) in [5.41, 5.74) is 4.44. The summed E-state index contributed by atoms with van der Waals surface area (Å²) in [5, 5.41) is 21.6. The van der Waals surface area contributed by atoms with Crippen LogP contribution in [0.1, 0.15) is 59.3 Å². The van der Waals surface area contributed by atoms with Crippen molar-refractivity contribution in [2.75, 3.05) is 13.2 Å². The van der Waals surface area contributed by atoms with E-state index < -0.39 is 29.3 Å². The Morgan fingerprint density at radius 1 is 1.18 bits per heavy atom. The van der Waals surface area contributed by atoms with Crippen LogP contribution in [0.3, 0.4) is 0 Å². The van der Waals surface area contributed by atoms with Gasteiger partial charge < -0.3 is 21.3 Å². The minimum absolute atomic E-state index is 0.126. The Kier molecular flexibility index (Phi) is 10.0. The minimum atomic E-state index is -1.32. The molecule has 5 N–H and O–H groups in total. The van der Waals surface area contributed by atoms with Crippen LogP contribution in [0.5, 0.6) is 0 Å². The zero-order valence-electron chi connectivity index (χ0n) is 14.1. The van der Waals surface area contributed by atoms with Crippen LogP contribution in [0.4, 0.5) is 0 Å². The van der Waals surface area contributed by atoms with Gasteiger partial charge in [-0.15, -0.1) is 0 Å². The van der Waals surface area contributed by atoms with Crippen LogP contribution >= 0.6 is 0 Å². The third kappa shape index (κ3) is 7.75. The molecule has 130 valence electrons. The van der Waals surface area contributed by atoms with E-state index in [-0.39, 0.29) is 13.2 Å². The number of aliphatic hydroxyl groups excluding tert-OH is 2. The fourth-order valence-corrected chi connectivity index (χ4v) is 2.10. The number of primary amides is 1. The lowest BCUT2D eigenvalue weighted by molar-refractivity contribution is -0.137. The summed E-state index contributed by atoms with van der Waals surface area (Å²) in [5.74, 6) is -1.45. The second-order valence-corrected chi connectivity index (χ2v) is 6.60. The number of hydrogen-bond donors (Lipinski definition) is 4. The largest absolute Gasteiger partial charge is 0.396 e. The van der Waals surface area contributed by atoms with Crippen molar-refractivity contribution in [3.63, 3.8) is 0 Å². The maximum Gasteiger partial charge on any atom is 0.249 e.